The second-order valence-electron chi connectivity index (χ2n) is 12.0. The van der Waals surface area contributed by atoms with E-state index >= 15 is 0 Å². The second-order valence-corrected chi connectivity index (χ2v) is 12.0. The van der Waals surface area contributed by atoms with Gasteiger partial charge < -0.3 is 4.74 Å². The summed E-state index contributed by atoms with van der Waals surface area (Å²) >= 11 is 0. The molecule has 0 fully saturated rings. The minimum absolute atomic E-state index is 0.620. The van der Waals surface area contributed by atoms with E-state index in [4.69, 9.17) is 14.7 Å². The number of fused-ring (bicyclic) bond motifs is 9. The van der Waals surface area contributed by atoms with Crippen LogP contribution >= 0.6 is 0 Å². The van der Waals surface area contributed by atoms with E-state index in [0.29, 0.717) is 11.4 Å². The van der Waals surface area contributed by atoms with Crippen molar-refractivity contribution in [3.05, 3.63) is 179 Å². The van der Waals surface area contributed by atoms with Crippen LogP contribution in [0.3, 0.4) is 0 Å². The number of para-hydroxylation sites is 2. The van der Waals surface area contributed by atoms with Crippen molar-refractivity contribution in [1.29, 1.82) is 5.26 Å². The maximum atomic E-state index is 10.1. The standard InChI is InChI=1S/C43H27N3O/c1-27-40(29-13-4-2-5-14-29)45-42(30-15-6-3-7-16-30)46-41(27)32-17-12-20-35-39(32)31-24-23-28(26-44)25-36(31)43(35)33-18-8-10-21-37(33)47-38-22-11-9-19-34(38)43/h2-25H,1H3. The largest absolute Gasteiger partial charge is 0.457 e. The van der Waals surface area contributed by atoms with Gasteiger partial charge in [0.2, 0.25) is 0 Å². The van der Waals surface area contributed by atoms with Gasteiger partial charge in [0, 0.05) is 33.4 Å². The number of hydrogen-bond donors (Lipinski definition) is 0. The highest BCUT2D eigenvalue weighted by atomic mass is 16.5. The van der Waals surface area contributed by atoms with E-state index in [0.717, 1.165) is 78.5 Å². The zero-order chi connectivity index (χ0) is 31.5. The third-order valence-electron chi connectivity index (χ3n) is 9.57. The van der Waals surface area contributed by atoms with E-state index in [2.05, 4.69) is 91.9 Å². The summed E-state index contributed by atoms with van der Waals surface area (Å²) in [6.45, 7) is 2.12. The van der Waals surface area contributed by atoms with E-state index in [-0.39, 0.29) is 0 Å². The Labute approximate surface area is 273 Å². The summed E-state index contributed by atoms with van der Waals surface area (Å²) in [5, 5.41) is 10.1. The zero-order valence-electron chi connectivity index (χ0n) is 25.6. The molecule has 0 saturated heterocycles. The lowest BCUT2D eigenvalue weighted by molar-refractivity contribution is 0.436. The van der Waals surface area contributed by atoms with Crippen molar-refractivity contribution >= 4 is 0 Å². The molecule has 0 unspecified atom stereocenters. The molecule has 1 aromatic heterocycles. The van der Waals surface area contributed by atoms with Gasteiger partial charge in [-0.25, -0.2) is 9.97 Å². The first kappa shape index (κ1) is 27.0. The van der Waals surface area contributed by atoms with Crippen molar-refractivity contribution in [2.45, 2.75) is 12.3 Å². The normalized spacial score (nSPS) is 13.1. The predicted molar refractivity (Wildman–Crippen MR) is 185 cm³/mol. The number of benzene rings is 6. The first-order valence-corrected chi connectivity index (χ1v) is 15.7. The van der Waals surface area contributed by atoms with E-state index < -0.39 is 5.41 Å². The van der Waals surface area contributed by atoms with Crippen molar-refractivity contribution in [3.8, 4) is 62.6 Å². The van der Waals surface area contributed by atoms with Crippen molar-refractivity contribution in [2.75, 3.05) is 0 Å². The Balaban J connectivity index is 1.41. The van der Waals surface area contributed by atoms with Crippen LogP contribution in [0.5, 0.6) is 11.5 Å². The van der Waals surface area contributed by atoms with Gasteiger partial charge in [0.05, 0.1) is 28.4 Å². The van der Waals surface area contributed by atoms with E-state index in [9.17, 15) is 5.26 Å². The van der Waals surface area contributed by atoms with E-state index in [1.807, 2.05) is 66.7 Å². The summed E-state index contributed by atoms with van der Waals surface area (Å²) in [6.07, 6.45) is 0. The van der Waals surface area contributed by atoms with Crippen LogP contribution in [0.1, 0.15) is 33.4 Å². The van der Waals surface area contributed by atoms with Gasteiger partial charge in [-0.1, -0.05) is 121 Å². The highest BCUT2D eigenvalue weighted by molar-refractivity contribution is 5.97. The van der Waals surface area contributed by atoms with Crippen LogP contribution in [0.25, 0.3) is 45.0 Å². The Hall–Kier alpha value is -6.31. The van der Waals surface area contributed by atoms with Crippen LogP contribution < -0.4 is 4.74 Å². The molecule has 0 amide bonds. The van der Waals surface area contributed by atoms with Crippen molar-refractivity contribution in [2.24, 2.45) is 0 Å². The third kappa shape index (κ3) is 3.87. The molecule has 0 atom stereocenters. The number of aromatic nitrogens is 2. The summed E-state index contributed by atoms with van der Waals surface area (Å²) in [5.74, 6) is 2.31. The predicted octanol–water partition coefficient (Wildman–Crippen LogP) is 10.1. The molecule has 1 aliphatic heterocycles. The number of ether oxygens (including phenoxy) is 1. The van der Waals surface area contributed by atoms with Crippen molar-refractivity contribution in [3.63, 3.8) is 0 Å². The van der Waals surface area contributed by atoms with Gasteiger partial charge >= 0.3 is 0 Å². The molecule has 0 N–H and O–H groups in total. The summed E-state index contributed by atoms with van der Waals surface area (Å²) in [6, 6.07) is 52.1. The van der Waals surface area contributed by atoms with Gasteiger partial charge in [-0.2, -0.15) is 5.26 Å². The molecule has 2 heterocycles. The van der Waals surface area contributed by atoms with Crippen molar-refractivity contribution in [1.82, 2.24) is 9.97 Å². The quantitative estimate of drug-likeness (QED) is 0.202. The van der Waals surface area contributed by atoms with Gasteiger partial charge in [-0.3, -0.25) is 0 Å². The molecule has 1 spiro atoms. The number of hydrogen-bond acceptors (Lipinski definition) is 4. The Morgan fingerprint density at radius 1 is 0.553 bits per heavy atom. The number of rotatable bonds is 3. The molecule has 0 saturated carbocycles. The molecule has 7 aromatic rings. The second kappa shape index (κ2) is 10.4. The van der Waals surface area contributed by atoms with E-state index in [1.54, 1.807) is 0 Å². The Morgan fingerprint density at radius 2 is 1.15 bits per heavy atom. The van der Waals surface area contributed by atoms with Gasteiger partial charge in [0.15, 0.2) is 5.82 Å². The van der Waals surface area contributed by atoms with Crippen LogP contribution in [-0.4, -0.2) is 9.97 Å². The first-order chi connectivity index (χ1) is 23.2. The Morgan fingerprint density at radius 3 is 1.83 bits per heavy atom. The SMILES string of the molecule is Cc1c(-c2ccccc2)nc(-c2ccccc2)nc1-c1cccc2c1-c1ccc(C#N)cc1C21c2ccccc2Oc2ccccc21. The Bertz CT molecular complexity index is 2360. The molecule has 0 radical (unpaired) electrons. The topological polar surface area (TPSA) is 58.8 Å². The molecule has 1 aliphatic carbocycles. The third-order valence-corrected chi connectivity index (χ3v) is 9.57. The molecule has 47 heavy (non-hydrogen) atoms. The van der Waals surface area contributed by atoms with Gasteiger partial charge in [-0.05, 0) is 53.4 Å². The number of nitriles is 1. The molecule has 9 rings (SSSR count). The van der Waals surface area contributed by atoms with E-state index in [1.165, 1.54) is 0 Å². The molecular weight excluding hydrogens is 574 g/mol. The molecule has 220 valence electrons. The zero-order valence-corrected chi connectivity index (χ0v) is 25.6. The van der Waals surface area contributed by atoms with Crippen LogP contribution in [0, 0.1) is 18.3 Å². The monoisotopic (exact) mass is 601 g/mol. The fourth-order valence-electron chi connectivity index (χ4n) is 7.59. The maximum absolute atomic E-state index is 10.1. The van der Waals surface area contributed by atoms with Crippen molar-refractivity contribution < 1.29 is 4.74 Å². The lowest BCUT2D eigenvalue weighted by atomic mass is 9.66. The lowest BCUT2D eigenvalue weighted by Crippen LogP contribution is -2.32. The van der Waals surface area contributed by atoms with Gasteiger partial charge in [0.25, 0.3) is 0 Å². The minimum atomic E-state index is -0.690. The summed E-state index contributed by atoms with van der Waals surface area (Å²) in [5.41, 5.74) is 12.3. The average molecular weight is 602 g/mol. The summed E-state index contributed by atoms with van der Waals surface area (Å²) < 4.78 is 6.53. The summed E-state index contributed by atoms with van der Waals surface area (Å²) in [7, 11) is 0. The fraction of sp³-hybridized carbons (Fsp3) is 0.0465. The van der Waals surface area contributed by atoms with Gasteiger partial charge in [-0.15, -0.1) is 0 Å². The first-order valence-electron chi connectivity index (χ1n) is 15.7. The fourth-order valence-corrected chi connectivity index (χ4v) is 7.59. The molecule has 4 heteroatoms. The molecular formula is C43H27N3O. The highest BCUT2D eigenvalue weighted by Gasteiger charge is 2.51. The molecule has 2 aliphatic rings. The van der Waals surface area contributed by atoms with Crippen LogP contribution in [-0.2, 0) is 5.41 Å². The van der Waals surface area contributed by atoms with Crippen LogP contribution in [0.4, 0.5) is 0 Å². The minimum Gasteiger partial charge on any atom is -0.457 e. The van der Waals surface area contributed by atoms with Gasteiger partial charge in [0.1, 0.15) is 11.5 Å². The maximum Gasteiger partial charge on any atom is 0.160 e. The van der Waals surface area contributed by atoms with Crippen LogP contribution in [0.2, 0.25) is 0 Å². The highest BCUT2D eigenvalue weighted by Crippen LogP contribution is 2.63. The average Bonchev–Trinajstić information content (AvgIpc) is 3.43. The number of nitrogens with zero attached hydrogens (tertiary/aromatic N) is 3. The smallest absolute Gasteiger partial charge is 0.160 e. The van der Waals surface area contributed by atoms with Crippen LogP contribution in [0.15, 0.2) is 146 Å². The lowest BCUT2D eigenvalue weighted by Gasteiger charge is -2.39. The summed E-state index contributed by atoms with van der Waals surface area (Å²) in [4.78, 5) is 10.5. The molecule has 6 aromatic carbocycles. The Kier molecular flexibility index (Phi) is 5.97. The molecule has 4 nitrogen and oxygen atoms in total. The molecule has 0 bridgehead atoms.